The van der Waals surface area contributed by atoms with E-state index in [9.17, 15) is 4.79 Å². The Balaban J connectivity index is 2.25. The van der Waals surface area contributed by atoms with E-state index < -0.39 is 6.16 Å². The van der Waals surface area contributed by atoms with Gasteiger partial charge in [0.1, 0.15) is 6.10 Å². The number of ether oxygens (including phenoxy) is 2. The van der Waals surface area contributed by atoms with E-state index in [-0.39, 0.29) is 6.10 Å². The highest BCUT2D eigenvalue weighted by Crippen LogP contribution is 2.13. The molecule has 3 nitrogen and oxygen atoms in total. The highest BCUT2D eigenvalue weighted by atomic mass is 16.7. The van der Waals surface area contributed by atoms with Crippen LogP contribution in [0.25, 0.3) is 0 Å². The lowest BCUT2D eigenvalue weighted by molar-refractivity contribution is 0.0366. The van der Waals surface area contributed by atoms with Crippen molar-refractivity contribution >= 4 is 6.16 Å². The van der Waals surface area contributed by atoms with E-state index in [1.54, 1.807) is 6.92 Å². The minimum Gasteiger partial charge on any atom is -0.435 e. The van der Waals surface area contributed by atoms with Gasteiger partial charge in [-0.05, 0) is 32.3 Å². The Morgan fingerprint density at radius 3 is 3.08 bits per heavy atom. The molecule has 0 aromatic rings. The minimum atomic E-state index is -0.561. The molecule has 0 aromatic heterocycles. The van der Waals surface area contributed by atoms with E-state index >= 15 is 0 Å². The Morgan fingerprint density at radius 2 is 2.50 bits per heavy atom. The summed E-state index contributed by atoms with van der Waals surface area (Å²) in [5.74, 6) is 0. The first-order valence-corrected chi connectivity index (χ1v) is 4.33. The van der Waals surface area contributed by atoms with Gasteiger partial charge in [-0.3, -0.25) is 0 Å². The Morgan fingerprint density at radius 1 is 1.67 bits per heavy atom. The molecule has 0 saturated heterocycles. The first-order chi connectivity index (χ1) is 5.83. The van der Waals surface area contributed by atoms with Gasteiger partial charge < -0.3 is 9.47 Å². The minimum absolute atomic E-state index is 0.0715. The summed E-state index contributed by atoms with van der Waals surface area (Å²) in [6.45, 7) is 2.13. The summed E-state index contributed by atoms with van der Waals surface area (Å²) in [5, 5.41) is 0. The van der Waals surface area contributed by atoms with Crippen LogP contribution in [0.4, 0.5) is 4.79 Å². The molecule has 1 aliphatic rings. The summed E-state index contributed by atoms with van der Waals surface area (Å²) in [6, 6.07) is 0. The van der Waals surface area contributed by atoms with Gasteiger partial charge >= 0.3 is 6.16 Å². The van der Waals surface area contributed by atoms with E-state index in [1.165, 1.54) is 0 Å². The Kier molecular flexibility index (Phi) is 3.64. The Bertz CT molecular complexity index is 175. The fourth-order valence-electron chi connectivity index (χ4n) is 1.15. The van der Waals surface area contributed by atoms with Crippen molar-refractivity contribution in [3.63, 3.8) is 0 Å². The van der Waals surface area contributed by atoms with Crippen molar-refractivity contribution in [2.45, 2.75) is 32.3 Å². The Labute approximate surface area is 72.4 Å². The molecule has 1 rings (SSSR count). The van der Waals surface area contributed by atoms with Gasteiger partial charge in [0.05, 0.1) is 6.61 Å². The largest absolute Gasteiger partial charge is 0.508 e. The van der Waals surface area contributed by atoms with Crippen molar-refractivity contribution in [3.05, 3.63) is 12.2 Å². The summed E-state index contributed by atoms with van der Waals surface area (Å²) in [4.78, 5) is 10.8. The zero-order chi connectivity index (χ0) is 8.81. The monoisotopic (exact) mass is 170 g/mol. The molecule has 0 spiro atoms. The third-order valence-electron chi connectivity index (χ3n) is 1.72. The number of rotatable bonds is 2. The first-order valence-electron chi connectivity index (χ1n) is 4.33. The topological polar surface area (TPSA) is 35.5 Å². The van der Waals surface area contributed by atoms with Crippen LogP contribution in [0.2, 0.25) is 0 Å². The molecule has 0 bridgehead atoms. The second kappa shape index (κ2) is 4.80. The van der Waals surface area contributed by atoms with E-state index in [4.69, 9.17) is 4.74 Å². The molecule has 0 saturated carbocycles. The summed E-state index contributed by atoms with van der Waals surface area (Å²) in [6.07, 6.45) is 6.40. The van der Waals surface area contributed by atoms with Crippen LogP contribution < -0.4 is 0 Å². The Hall–Kier alpha value is -0.990. The highest BCUT2D eigenvalue weighted by Gasteiger charge is 2.13. The number of allylic oxidation sites excluding steroid dienone is 1. The molecule has 0 aliphatic heterocycles. The van der Waals surface area contributed by atoms with Crippen molar-refractivity contribution < 1.29 is 14.3 Å². The van der Waals surface area contributed by atoms with Gasteiger partial charge in [0.15, 0.2) is 0 Å². The van der Waals surface area contributed by atoms with Gasteiger partial charge in [-0.25, -0.2) is 4.79 Å². The quantitative estimate of drug-likeness (QED) is 0.471. The van der Waals surface area contributed by atoms with Crippen LogP contribution in [0.1, 0.15) is 26.2 Å². The predicted molar refractivity (Wildman–Crippen MR) is 44.9 cm³/mol. The second-order valence-corrected chi connectivity index (χ2v) is 2.70. The van der Waals surface area contributed by atoms with Gasteiger partial charge in [0.25, 0.3) is 0 Å². The summed E-state index contributed by atoms with van der Waals surface area (Å²) in [5.41, 5.74) is 0. The van der Waals surface area contributed by atoms with E-state index in [1.807, 2.05) is 12.2 Å². The van der Waals surface area contributed by atoms with Gasteiger partial charge in [-0.15, -0.1) is 0 Å². The molecule has 12 heavy (non-hydrogen) atoms. The normalized spacial score (nSPS) is 21.9. The molecule has 1 atom stereocenters. The molecule has 1 unspecified atom stereocenters. The van der Waals surface area contributed by atoms with Crippen LogP contribution in [0.5, 0.6) is 0 Å². The van der Waals surface area contributed by atoms with E-state index in [0.29, 0.717) is 6.61 Å². The van der Waals surface area contributed by atoms with Crippen molar-refractivity contribution in [2.75, 3.05) is 6.61 Å². The van der Waals surface area contributed by atoms with Crippen molar-refractivity contribution in [3.8, 4) is 0 Å². The smallest absolute Gasteiger partial charge is 0.435 e. The average Bonchev–Trinajstić information content (AvgIpc) is 2.06. The second-order valence-electron chi connectivity index (χ2n) is 2.70. The maximum absolute atomic E-state index is 10.8. The molecular formula is C9H14O3. The molecule has 0 amide bonds. The fraction of sp³-hybridized carbons (Fsp3) is 0.667. The number of hydrogen-bond acceptors (Lipinski definition) is 3. The van der Waals surface area contributed by atoms with Gasteiger partial charge in [0, 0.05) is 0 Å². The standard InChI is InChI=1S/C9H14O3/c1-2-11-9(10)12-8-6-4-3-5-7-8/h4,6,8H,2-3,5,7H2,1H3. The van der Waals surface area contributed by atoms with Crippen molar-refractivity contribution in [2.24, 2.45) is 0 Å². The lowest BCUT2D eigenvalue weighted by Crippen LogP contribution is -2.18. The van der Waals surface area contributed by atoms with Crippen LogP contribution in [-0.2, 0) is 9.47 Å². The molecule has 0 aromatic carbocycles. The van der Waals surface area contributed by atoms with Crippen LogP contribution in [-0.4, -0.2) is 18.9 Å². The maximum atomic E-state index is 10.8. The van der Waals surface area contributed by atoms with Gasteiger partial charge in [-0.2, -0.15) is 0 Å². The maximum Gasteiger partial charge on any atom is 0.508 e. The molecule has 68 valence electrons. The van der Waals surface area contributed by atoms with Crippen LogP contribution in [0, 0.1) is 0 Å². The summed E-state index contributed by atoms with van der Waals surface area (Å²) in [7, 11) is 0. The summed E-state index contributed by atoms with van der Waals surface area (Å²) < 4.78 is 9.63. The molecule has 1 aliphatic carbocycles. The van der Waals surface area contributed by atoms with Gasteiger partial charge in [0.2, 0.25) is 0 Å². The molecule has 0 fully saturated rings. The van der Waals surface area contributed by atoms with Gasteiger partial charge in [-0.1, -0.05) is 6.08 Å². The van der Waals surface area contributed by atoms with E-state index in [0.717, 1.165) is 19.3 Å². The number of hydrogen-bond donors (Lipinski definition) is 0. The van der Waals surface area contributed by atoms with E-state index in [2.05, 4.69) is 4.74 Å². The predicted octanol–water partition coefficient (Wildman–Crippen LogP) is 2.27. The van der Waals surface area contributed by atoms with Crippen LogP contribution in [0.3, 0.4) is 0 Å². The van der Waals surface area contributed by atoms with Crippen LogP contribution >= 0.6 is 0 Å². The third kappa shape index (κ3) is 2.95. The highest BCUT2D eigenvalue weighted by molar-refractivity contribution is 5.60. The van der Waals surface area contributed by atoms with Crippen LogP contribution in [0.15, 0.2) is 12.2 Å². The molecule has 0 radical (unpaired) electrons. The SMILES string of the molecule is CCOC(=O)OC1C=CCCC1. The zero-order valence-electron chi connectivity index (χ0n) is 7.29. The number of carbonyl (C=O) groups is 1. The lowest BCUT2D eigenvalue weighted by atomic mass is 10.1. The van der Waals surface area contributed by atoms with Crippen molar-refractivity contribution in [1.82, 2.24) is 0 Å². The molecular weight excluding hydrogens is 156 g/mol. The third-order valence-corrected chi connectivity index (χ3v) is 1.72. The molecule has 3 heteroatoms. The first kappa shape index (κ1) is 9.10. The number of carbonyl (C=O) groups excluding carboxylic acids is 1. The van der Waals surface area contributed by atoms with Crippen molar-refractivity contribution in [1.29, 1.82) is 0 Å². The lowest BCUT2D eigenvalue weighted by Gasteiger charge is -2.16. The summed E-state index contributed by atoms with van der Waals surface area (Å²) >= 11 is 0. The zero-order valence-corrected chi connectivity index (χ0v) is 7.29. The molecule has 0 heterocycles. The average molecular weight is 170 g/mol. The fourth-order valence-corrected chi connectivity index (χ4v) is 1.15. The molecule has 0 N–H and O–H groups in total.